The smallest absolute Gasteiger partial charge is 0.303 e. The van der Waals surface area contributed by atoms with Crippen LogP contribution in [0, 0.1) is 0 Å². The molecule has 0 saturated carbocycles. The first kappa shape index (κ1) is 30.1. The second-order valence-electron chi connectivity index (χ2n) is 8.38. The van der Waals surface area contributed by atoms with E-state index in [0.29, 0.717) is 11.3 Å². The monoisotopic (exact) mass is 581 g/mol. The standard InChI is InChI=1S/C25H27NO11S2/c1-12(27)33-11-18-20(34-13(2)28)21(35-14(3)29)22(36-15(4)30)24(37-18)26-23(31)19(39-25(26)38)10-16-8-6-7-9-17(16)32-5/h6-10,18,20-22,24H,11H2,1-5H3/b19-10+/t18-,20+,21-,22-,24-/m1/s1. The molecule has 0 radical (unpaired) electrons. The molecular formula is C25H27NO11S2. The number of esters is 4. The molecule has 2 fully saturated rings. The minimum atomic E-state index is -1.46. The lowest BCUT2D eigenvalue weighted by Gasteiger charge is -2.46. The van der Waals surface area contributed by atoms with Gasteiger partial charge in [-0.15, -0.1) is 0 Å². The minimum absolute atomic E-state index is 0.0575. The Morgan fingerprint density at radius 3 is 2.13 bits per heavy atom. The molecule has 0 spiro atoms. The number of amides is 1. The van der Waals surface area contributed by atoms with Gasteiger partial charge in [0.25, 0.3) is 5.91 Å². The van der Waals surface area contributed by atoms with E-state index in [4.69, 9.17) is 40.6 Å². The predicted molar refractivity (Wildman–Crippen MR) is 140 cm³/mol. The summed E-state index contributed by atoms with van der Waals surface area (Å²) in [7, 11) is 1.50. The van der Waals surface area contributed by atoms with E-state index >= 15 is 0 Å². The van der Waals surface area contributed by atoms with Crippen molar-refractivity contribution in [1.82, 2.24) is 4.90 Å². The van der Waals surface area contributed by atoms with Gasteiger partial charge in [-0.05, 0) is 12.1 Å². The third-order valence-corrected chi connectivity index (χ3v) is 6.80. The predicted octanol–water partition coefficient (Wildman–Crippen LogP) is 1.98. The highest BCUT2D eigenvalue weighted by atomic mass is 32.2. The van der Waals surface area contributed by atoms with Gasteiger partial charge >= 0.3 is 23.9 Å². The molecule has 5 atom stereocenters. The number of methoxy groups -OCH3 is 1. The Morgan fingerprint density at radius 1 is 0.949 bits per heavy atom. The first-order valence-corrected chi connectivity index (χ1v) is 12.9. The Bertz CT molecular complexity index is 1200. The average molecular weight is 582 g/mol. The Labute approximate surface area is 233 Å². The molecule has 1 aromatic rings. The van der Waals surface area contributed by atoms with Gasteiger partial charge in [0.05, 0.1) is 12.0 Å². The number of carbonyl (C=O) groups excluding carboxylic acids is 5. The molecule has 39 heavy (non-hydrogen) atoms. The molecule has 0 N–H and O–H groups in total. The van der Waals surface area contributed by atoms with Crippen molar-refractivity contribution >= 4 is 64.2 Å². The van der Waals surface area contributed by atoms with Gasteiger partial charge in [0.15, 0.2) is 28.9 Å². The van der Waals surface area contributed by atoms with Crippen molar-refractivity contribution in [2.24, 2.45) is 0 Å². The van der Waals surface area contributed by atoms with Gasteiger partial charge in [0, 0.05) is 33.3 Å². The van der Waals surface area contributed by atoms with Crippen LogP contribution in [0.1, 0.15) is 33.3 Å². The Morgan fingerprint density at radius 2 is 1.54 bits per heavy atom. The van der Waals surface area contributed by atoms with Crippen LogP contribution in [-0.2, 0) is 47.7 Å². The molecule has 12 nitrogen and oxygen atoms in total. The summed E-state index contributed by atoms with van der Waals surface area (Å²) in [4.78, 5) is 62.6. The average Bonchev–Trinajstić information content (AvgIpc) is 3.12. The number of thioether (sulfide) groups is 1. The van der Waals surface area contributed by atoms with Crippen LogP contribution in [0.15, 0.2) is 29.2 Å². The third kappa shape index (κ3) is 7.34. The van der Waals surface area contributed by atoms with Crippen LogP contribution in [0.25, 0.3) is 6.08 Å². The van der Waals surface area contributed by atoms with Crippen LogP contribution < -0.4 is 4.74 Å². The maximum absolute atomic E-state index is 13.6. The molecule has 210 valence electrons. The first-order valence-electron chi connectivity index (χ1n) is 11.6. The first-order chi connectivity index (χ1) is 18.4. The fraction of sp³-hybridized carbons (Fsp3) is 0.440. The quantitative estimate of drug-likeness (QED) is 0.191. The van der Waals surface area contributed by atoms with Crippen molar-refractivity contribution in [2.75, 3.05) is 13.7 Å². The summed E-state index contributed by atoms with van der Waals surface area (Å²) in [6.45, 7) is 4.07. The summed E-state index contributed by atoms with van der Waals surface area (Å²) >= 11 is 6.46. The van der Waals surface area contributed by atoms with Gasteiger partial charge in [-0.25, -0.2) is 0 Å². The minimum Gasteiger partial charge on any atom is -0.496 e. The molecule has 1 amide bonds. The molecule has 0 bridgehead atoms. The number of benzene rings is 1. The fourth-order valence-corrected chi connectivity index (χ4v) is 5.34. The van der Waals surface area contributed by atoms with E-state index in [0.717, 1.165) is 44.4 Å². The molecule has 2 aliphatic rings. The molecule has 0 unspecified atom stereocenters. The molecular weight excluding hydrogens is 554 g/mol. The van der Waals surface area contributed by atoms with Crippen LogP contribution in [0.2, 0.25) is 0 Å². The SMILES string of the molecule is COc1ccccc1/C=C1/SC(=S)N([C@@H]2O[C@H](COC(C)=O)[C@H](OC(C)=O)[C@@H](OC(C)=O)[C@H]2OC(C)=O)C1=O. The summed E-state index contributed by atoms with van der Waals surface area (Å²) in [5, 5.41) is 0. The lowest BCUT2D eigenvalue weighted by atomic mass is 9.96. The highest BCUT2D eigenvalue weighted by Crippen LogP contribution is 2.40. The Kier molecular flexibility index (Phi) is 10.1. The van der Waals surface area contributed by atoms with Crippen molar-refractivity contribution in [3.05, 3.63) is 34.7 Å². The van der Waals surface area contributed by atoms with E-state index in [1.165, 1.54) is 7.11 Å². The van der Waals surface area contributed by atoms with E-state index < -0.39 is 67.0 Å². The zero-order chi connectivity index (χ0) is 28.9. The van der Waals surface area contributed by atoms with Gasteiger partial charge in [-0.1, -0.05) is 42.2 Å². The van der Waals surface area contributed by atoms with Gasteiger partial charge in [-0.3, -0.25) is 28.9 Å². The zero-order valence-corrected chi connectivity index (χ0v) is 23.4. The number of hydrogen-bond donors (Lipinski definition) is 0. The second-order valence-corrected chi connectivity index (χ2v) is 10.1. The summed E-state index contributed by atoms with van der Waals surface area (Å²) in [5.74, 6) is -3.07. The van der Waals surface area contributed by atoms with Gasteiger partial charge in [0.1, 0.15) is 18.5 Å². The Balaban J connectivity index is 2.07. The number of hydrogen-bond acceptors (Lipinski definition) is 13. The van der Waals surface area contributed by atoms with E-state index in [1.54, 1.807) is 30.3 Å². The number of rotatable bonds is 8. The molecule has 3 rings (SSSR count). The van der Waals surface area contributed by atoms with Crippen molar-refractivity contribution in [1.29, 1.82) is 0 Å². The maximum Gasteiger partial charge on any atom is 0.303 e. The summed E-state index contributed by atoms with van der Waals surface area (Å²) < 4.78 is 32.8. The number of carbonyl (C=O) groups is 5. The van der Waals surface area contributed by atoms with E-state index in [2.05, 4.69) is 0 Å². The number of ether oxygens (including phenoxy) is 6. The molecule has 1 aromatic carbocycles. The summed E-state index contributed by atoms with van der Waals surface area (Å²) in [6.07, 6.45) is -5.31. The number of para-hydroxylation sites is 1. The molecule has 2 saturated heterocycles. The second kappa shape index (κ2) is 13.0. The topological polar surface area (TPSA) is 144 Å². The van der Waals surface area contributed by atoms with Crippen LogP contribution in [0.4, 0.5) is 0 Å². The van der Waals surface area contributed by atoms with E-state index in [-0.39, 0.29) is 9.23 Å². The highest BCUT2D eigenvalue weighted by molar-refractivity contribution is 8.26. The van der Waals surface area contributed by atoms with Crippen LogP contribution in [-0.4, -0.2) is 83.4 Å². The number of thiocarbonyl (C=S) groups is 1. The lowest BCUT2D eigenvalue weighted by molar-refractivity contribution is -0.268. The summed E-state index contributed by atoms with van der Waals surface area (Å²) in [5.41, 5.74) is 0.613. The maximum atomic E-state index is 13.6. The van der Waals surface area contributed by atoms with Gasteiger partial charge in [0.2, 0.25) is 0 Å². The Hall–Kier alpha value is -3.49. The largest absolute Gasteiger partial charge is 0.496 e. The van der Waals surface area contributed by atoms with E-state index in [1.807, 2.05) is 0 Å². The molecule has 2 aliphatic heterocycles. The van der Waals surface area contributed by atoms with Crippen LogP contribution >= 0.6 is 24.0 Å². The number of nitrogens with zero attached hydrogens (tertiary/aromatic N) is 1. The molecule has 0 aliphatic carbocycles. The lowest BCUT2D eigenvalue weighted by Crippen LogP contribution is -2.66. The van der Waals surface area contributed by atoms with E-state index in [9.17, 15) is 24.0 Å². The van der Waals surface area contributed by atoms with Crippen molar-refractivity contribution in [2.45, 2.75) is 58.3 Å². The van der Waals surface area contributed by atoms with Crippen LogP contribution in [0.3, 0.4) is 0 Å². The molecule has 14 heteroatoms. The molecule has 2 heterocycles. The zero-order valence-electron chi connectivity index (χ0n) is 21.7. The highest BCUT2D eigenvalue weighted by Gasteiger charge is 2.56. The normalized spacial score (nSPS) is 25.7. The third-order valence-electron chi connectivity index (χ3n) is 5.47. The van der Waals surface area contributed by atoms with Crippen molar-refractivity contribution in [3.63, 3.8) is 0 Å². The fourth-order valence-electron chi connectivity index (χ4n) is 4.04. The summed E-state index contributed by atoms with van der Waals surface area (Å²) in [6, 6.07) is 7.03. The molecule has 0 aromatic heterocycles. The van der Waals surface area contributed by atoms with Crippen molar-refractivity contribution in [3.8, 4) is 5.75 Å². The van der Waals surface area contributed by atoms with Gasteiger partial charge < -0.3 is 28.4 Å². The van der Waals surface area contributed by atoms with Crippen LogP contribution in [0.5, 0.6) is 5.75 Å². The van der Waals surface area contributed by atoms with Gasteiger partial charge in [-0.2, -0.15) is 0 Å². The van der Waals surface area contributed by atoms with Crippen molar-refractivity contribution < 1.29 is 52.4 Å².